The summed E-state index contributed by atoms with van der Waals surface area (Å²) in [7, 11) is 1.55. The molecule has 0 saturated carbocycles. The van der Waals surface area contributed by atoms with E-state index in [4.69, 9.17) is 14.7 Å². The Morgan fingerprint density at radius 3 is 2.60 bits per heavy atom. The summed E-state index contributed by atoms with van der Waals surface area (Å²) in [4.78, 5) is 0. The first-order chi connectivity index (χ1) is 9.35. The topological polar surface area (TPSA) is 54.3 Å². The van der Waals surface area contributed by atoms with Crippen LogP contribution in [0.1, 0.15) is 26.3 Å². The van der Waals surface area contributed by atoms with E-state index < -0.39 is 0 Å². The van der Waals surface area contributed by atoms with Crippen molar-refractivity contribution in [3.8, 4) is 17.6 Å². The summed E-state index contributed by atoms with van der Waals surface area (Å²) in [5.74, 6) is 1.17. The maximum absolute atomic E-state index is 8.84. The van der Waals surface area contributed by atoms with E-state index in [0.29, 0.717) is 30.2 Å². The molecule has 108 valence electrons. The zero-order valence-corrected chi connectivity index (χ0v) is 12.6. The van der Waals surface area contributed by atoms with Gasteiger partial charge in [0.25, 0.3) is 0 Å². The number of hydrogen-bond acceptors (Lipinski definition) is 4. The fraction of sp³-hybridized carbons (Fsp3) is 0.438. The van der Waals surface area contributed by atoms with Crippen molar-refractivity contribution in [3.05, 3.63) is 35.9 Å². The molecule has 0 saturated heterocycles. The third kappa shape index (κ3) is 5.33. The highest BCUT2D eigenvalue weighted by atomic mass is 16.5. The molecule has 0 fully saturated rings. The normalized spacial score (nSPS) is 10.8. The quantitative estimate of drug-likeness (QED) is 0.810. The maximum Gasteiger partial charge on any atom is 0.162 e. The van der Waals surface area contributed by atoms with E-state index in [-0.39, 0.29) is 5.54 Å². The molecule has 20 heavy (non-hydrogen) atoms. The maximum atomic E-state index is 8.84. The van der Waals surface area contributed by atoms with E-state index in [2.05, 4.69) is 38.7 Å². The third-order valence-electron chi connectivity index (χ3n) is 2.59. The van der Waals surface area contributed by atoms with Gasteiger partial charge in [-0.05, 0) is 38.5 Å². The van der Waals surface area contributed by atoms with Crippen molar-refractivity contribution in [2.45, 2.75) is 26.3 Å². The fourth-order valence-corrected chi connectivity index (χ4v) is 1.48. The van der Waals surface area contributed by atoms with Crippen LogP contribution in [0, 0.1) is 11.3 Å². The van der Waals surface area contributed by atoms with E-state index in [1.165, 1.54) is 0 Å². The molecule has 1 aromatic carbocycles. The van der Waals surface area contributed by atoms with Crippen molar-refractivity contribution in [3.63, 3.8) is 0 Å². The molecule has 1 rings (SSSR count). The molecule has 4 nitrogen and oxygen atoms in total. The Morgan fingerprint density at radius 2 is 2.05 bits per heavy atom. The monoisotopic (exact) mass is 274 g/mol. The smallest absolute Gasteiger partial charge is 0.162 e. The van der Waals surface area contributed by atoms with Gasteiger partial charge in [0, 0.05) is 18.2 Å². The van der Waals surface area contributed by atoms with Crippen LogP contribution >= 0.6 is 0 Å². The molecule has 0 atom stereocenters. The predicted octanol–water partition coefficient (Wildman–Crippen LogP) is 2.89. The zero-order chi connectivity index (χ0) is 15.2. The Morgan fingerprint density at radius 1 is 1.35 bits per heavy atom. The minimum atomic E-state index is 0.0507. The average Bonchev–Trinajstić information content (AvgIpc) is 2.41. The van der Waals surface area contributed by atoms with Crippen molar-refractivity contribution >= 4 is 0 Å². The molecule has 0 aliphatic heterocycles. The standard InChI is InChI=1S/C16H22N2O2/c1-12(10-18-16(2,3)4)11-20-14-7-6-13(9-17)8-15(14)19-5/h6-8,18H,1,10-11H2,2-5H3. The largest absolute Gasteiger partial charge is 0.493 e. The van der Waals surface area contributed by atoms with Crippen LogP contribution in [-0.2, 0) is 0 Å². The minimum absolute atomic E-state index is 0.0507. The Balaban J connectivity index is 2.57. The van der Waals surface area contributed by atoms with Crippen LogP contribution in [0.3, 0.4) is 0 Å². The van der Waals surface area contributed by atoms with Crippen LogP contribution in [0.2, 0.25) is 0 Å². The van der Waals surface area contributed by atoms with Crippen molar-refractivity contribution in [2.75, 3.05) is 20.3 Å². The van der Waals surface area contributed by atoms with Gasteiger partial charge in [0.15, 0.2) is 11.5 Å². The van der Waals surface area contributed by atoms with Crippen LogP contribution in [0.4, 0.5) is 0 Å². The molecule has 0 unspecified atom stereocenters. The lowest BCUT2D eigenvalue weighted by Crippen LogP contribution is -2.37. The van der Waals surface area contributed by atoms with Gasteiger partial charge in [0.05, 0.1) is 18.7 Å². The number of hydrogen-bond donors (Lipinski definition) is 1. The molecule has 0 bridgehead atoms. The molecule has 0 aliphatic carbocycles. The predicted molar refractivity (Wildman–Crippen MR) is 80.1 cm³/mol. The number of methoxy groups -OCH3 is 1. The van der Waals surface area contributed by atoms with Gasteiger partial charge < -0.3 is 14.8 Å². The van der Waals surface area contributed by atoms with Crippen LogP contribution in [-0.4, -0.2) is 25.8 Å². The minimum Gasteiger partial charge on any atom is -0.493 e. The first kappa shape index (κ1) is 16.1. The van der Waals surface area contributed by atoms with Gasteiger partial charge in [-0.1, -0.05) is 6.58 Å². The lowest BCUT2D eigenvalue weighted by molar-refractivity contribution is 0.313. The summed E-state index contributed by atoms with van der Waals surface area (Å²) in [5.41, 5.74) is 1.54. The Bertz CT molecular complexity index is 510. The second-order valence-corrected chi connectivity index (χ2v) is 5.62. The highest BCUT2D eigenvalue weighted by Crippen LogP contribution is 2.28. The summed E-state index contributed by atoms with van der Waals surface area (Å²) in [6, 6.07) is 7.17. The second kappa shape index (κ2) is 6.97. The zero-order valence-electron chi connectivity index (χ0n) is 12.6. The lowest BCUT2D eigenvalue weighted by atomic mass is 10.1. The van der Waals surface area contributed by atoms with Crippen LogP contribution in [0.15, 0.2) is 30.4 Å². The second-order valence-electron chi connectivity index (χ2n) is 5.62. The van der Waals surface area contributed by atoms with Gasteiger partial charge in [-0.2, -0.15) is 5.26 Å². The Labute approximate surface area is 121 Å². The molecule has 0 spiro atoms. The lowest BCUT2D eigenvalue weighted by Gasteiger charge is -2.21. The van der Waals surface area contributed by atoms with Crippen molar-refractivity contribution in [2.24, 2.45) is 0 Å². The highest BCUT2D eigenvalue weighted by molar-refractivity contribution is 5.46. The third-order valence-corrected chi connectivity index (χ3v) is 2.59. The highest BCUT2D eigenvalue weighted by Gasteiger charge is 2.10. The molecule has 0 aromatic heterocycles. The van der Waals surface area contributed by atoms with Crippen molar-refractivity contribution < 1.29 is 9.47 Å². The van der Waals surface area contributed by atoms with Gasteiger partial charge in [0.1, 0.15) is 6.61 Å². The fourth-order valence-electron chi connectivity index (χ4n) is 1.48. The molecular formula is C16H22N2O2. The van der Waals surface area contributed by atoms with E-state index in [0.717, 1.165) is 5.57 Å². The molecule has 0 heterocycles. The molecular weight excluding hydrogens is 252 g/mol. The Kier molecular flexibility index (Phi) is 5.60. The Hall–Kier alpha value is -1.99. The first-order valence-corrected chi connectivity index (χ1v) is 6.48. The van der Waals surface area contributed by atoms with Gasteiger partial charge in [-0.25, -0.2) is 0 Å². The summed E-state index contributed by atoms with van der Waals surface area (Å²) in [6.07, 6.45) is 0. The van der Waals surface area contributed by atoms with E-state index in [1.54, 1.807) is 25.3 Å². The number of nitrogens with zero attached hydrogens (tertiary/aromatic N) is 1. The molecule has 4 heteroatoms. The molecule has 0 aliphatic rings. The van der Waals surface area contributed by atoms with Gasteiger partial charge in [-0.15, -0.1) is 0 Å². The first-order valence-electron chi connectivity index (χ1n) is 6.48. The van der Waals surface area contributed by atoms with Gasteiger partial charge >= 0.3 is 0 Å². The van der Waals surface area contributed by atoms with Crippen LogP contribution < -0.4 is 14.8 Å². The summed E-state index contributed by atoms with van der Waals surface area (Å²) >= 11 is 0. The van der Waals surface area contributed by atoms with Gasteiger partial charge in [0.2, 0.25) is 0 Å². The number of nitrogens with one attached hydrogen (secondary N) is 1. The number of rotatable bonds is 6. The van der Waals surface area contributed by atoms with Gasteiger partial charge in [-0.3, -0.25) is 0 Å². The summed E-state index contributed by atoms with van der Waals surface area (Å²) in [6.45, 7) is 11.4. The average molecular weight is 274 g/mol. The molecule has 1 aromatic rings. The summed E-state index contributed by atoms with van der Waals surface area (Å²) in [5, 5.41) is 12.2. The number of nitriles is 1. The van der Waals surface area contributed by atoms with Crippen molar-refractivity contribution in [1.82, 2.24) is 5.32 Å². The number of benzene rings is 1. The van der Waals surface area contributed by atoms with E-state index in [1.807, 2.05) is 0 Å². The summed E-state index contributed by atoms with van der Waals surface area (Å²) < 4.78 is 10.9. The number of ether oxygens (including phenoxy) is 2. The van der Waals surface area contributed by atoms with E-state index in [9.17, 15) is 0 Å². The molecule has 1 N–H and O–H groups in total. The van der Waals surface area contributed by atoms with Crippen LogP contribution in [0.5, 0.6) is 11.5 Å². The molecule has 0 amide bonds. The van der Waals surface area contributed by atoms with Crippen molar-refractivity contribution in [1.29, 1.82) is 5.26 Å². The molecule has 0 radical (unpaired) electrons. The van der Waals surface area contributed by atoms with Crippen LogP contribution in [0.25, 0.3) is 0 Å². The van der Waals surface area contributed by atoms with E-state index >= 15 is 0 Å². The SMILES string of the molecule is C=C(CNC(C)(C)C)COc1ccc(C#N)cc1OC.